The Bertz CT molecular complexity index is 4470. The Labute approximate surface area is 405 Å². The first-order chi connectivity index (χ1) is 34.8. The minimum atomic E-state index is 0.637. The highest BCUT2D eigenvalue weighted by molar-refractivity contribution is 7.26. The van der Waals surface area contributed by atoms with Gasteiger partial charge in [-0.15, -0.1) is 11.3 Å². The third-order valence-corrected chi connectivity index (χ3v) is 15.3. The molecule has 326 valence electrons. The first-order valence-electron chi connectivity index (χ1n) is 23.6. The molecule has 0 atom stereocenters. The van der Waals surface area contributed by atoms with Gasteiger partial charge in [-0.05, 0) is 60.7 Å². The Morgan fingerprint density at radius 1 is 0.314 bits per heavy atom. The van der Waals surface area contributed by atoms with Crippen molar-refractivity contribution >= 4 is 96.9 Å². The zero-order chi connectivity index (χ0) is 45.9. The molecule has 0 amide bonds. The zero-order valence-corrected chi connectivity index (χ0v) is 38.3. The van der Waals surface area contributed by atoms with Crippen molar-refractivity contribution < 1.29 is 0 Å². The number of benzene rings is 10. The molecule has 15 aromatic rings. The molecule has 0 saturated carbocycles. The molecule has 5 heterocycles. The van der Waals surface area contributed by atoms with Gasteiger partial charge in [0.15, 0.2) is 17.5 Å². The van der Waals surface area contributed by atoms with E-state index in [-0.39, 0.29) is 0 Å². The minimum Gasteiger partial charge on any atom is -0.309 e. The molecule has 0 aliphatic carbocycles. The average Bonchev–Trinajstić information content (AvgIpc) is 4.18. The van der Waals surface area contributed by atoms with Crippen LogP contribution in [0.2, 0.25) is 0 Å². The summed E-state index contributed by atoms with van der Waals surface area (Å²) in [5, 5.41) is 9.56. The third-order valence-electron chi connectivity index (χ3n) is 14.1. The first kappa shape index (κ1) is 38.9. The molecule has 0 fully saturated rings. The van der Waals surface area contributed by atoms with E-state index in [0.717, 1.165) is 65.9 Å². The van der Waals surface area contributed by atoms with E-state index >= 15 is 0 Å². The lowest BCUT2D eigenvalue weighted by molar-refractivity contribution is 1.08. The lowest BCUT2D eigenvalue weighted by atomic mass is 10.0. The lowest BCUT2D eigenvalue weighted by Gasteiger charge is -2.17. The van der Waals surface area contributed by atoms with Crippen molar-refractivity contribution in [3.8, 4) is 51.2 Å². The molecule has 0 aliphatic heterocycles. The van der Waals surface area contributed by atoms with Gasteiger partial charge in [-0.2, -0.15) is 0 Å². The maximum Gasteiger partial charge on any atom is 0.165 e. The normalized spacial score (nSPS) is 12.0. The third kappa shape index (κ3) is 5.64. The van der Waals surface area contributed by atoms with E-state index in [2.05, 4.69) is 208 Å². The molecule has 0 saturated heterocycles. The SMILES string of the molecule is c1ccc(-c2nc(-c3ccccc3)nc(-c3ccc(-n4c5ccccc5c5c4c(-n4c6ccccc6c6ccccc64)cc4c6ccccc6n(-c6ccccc6)c45)c4c3sc3ccccc34)n2)cc1. The quantitative estimate of drug-likeness (QED) is 0.167. The summed E-state index contributed by atoms with van der Waals surface area (Å²) >= 11 is 1.80. The van der Waals surface area contributed by atoms with Crippen molar-refractivity contribution in [3.63, 3.8) is 0 Å². The van der Waals surface area contributed by atoms with E-state index < -0.39 is 0 Å². The summed E-state index contributed by atoms with van der Waals surface area (Å²) in [7, 11) is 0. The van der Waals surface area contributed by atoms with Gasteiger partial charge in [0.1, 0.15) is 0 Å². The maximum atomic E-state index is 5.28. The van der Waals surface area contributed by atoms with Gasteiger partial charge in [-0.3, -0.25) is 0 Å². The largest absolute Gasteiger partial charge is 0.309 e. The fourth-order valence-corrected chi connectivity index (χ4v) is 12.4. The van der Waals surface area contributed by atoms with Gasteiger partial charge in [0, 0.05) is 74.9 Å². The molecular formula is C63H38N6S. The molecule has 0 bridgehead atoms. The fraction of sp³-hybridized carbons (Fsp3) is 0. The number of nitrogens with zero attached hydrogens (tertiary/aromatic N) is 6. The summed E-state index contributed by atoms with van der Waals surface area (Å²) in [4.78, 5) is 15.6. The number of aromatic nitrogens is 6. The van der Waals surface area contributed by atoms with Crippen LogP contribution in [0.1, 0.15) is 0 Å². The van der Waals surface area contributed by atoms with Gasteiger partial charge in [0.25, 0.3) is 0 Å². The number of hydrogen-bond donors (Lipinski definition) is 0. The van der Waals surface area contributed by atoms with Crippen molar-refractivity contribution in [2.45, 2.75) is 0 Å². The second-order valence-corrected chi connectivity index (χ2v) is 19.0. The molecule has 6 nitrogen and oxygen atoms in total. The molecule has 0 unspecified atom stereocenters. The molecule has 70 heavy (non-hydrogen) atoms. The van der Waals surface area contributed by atoms with E-state index in [0.29, 0.717) is 17.5 Å². The van der Waals surface area contributed by atoms with Gasteiger partial charge in [0.05, 0.1) is 44.5 Å². The summed E-state index contributed by atoms with van der Waals surface area (Å²) in [5.74, 6) is 1.91. The van der Waals surface area contributed by atoms with Crippen LogP contribution in [0.15, 0.2) is 231 Å². The highest BCUT2D eigenvalue weighted by Gasteiger charge is 2.28. The van der Waals surface area contributed by atoms with Gasteiger partial charge in [-0.1, -0.05) is 170 Å². The number of para-hydroxylation sites is 5. The van der Waals surface area contributed by atoms with E-state index in [1.54, 1.807) is 11.3 Å². The topological polar surface area (TPSA) is 53.5 Å². The number of rotatable bonds is 6. The molecule has 0 aliphatic rings. The number of hydrogen-bond acceptors (Lipinski definition) is 4. The minimum absolute atomic E-state index is 0.637. The molecule has 0 N–H and O–H groups in total. The van der Waals surface area contributed by atoms with E-state index in [4.69, 9.17) is 15.0 Å². The molecule has 5 aromatic heterocycles. The van der Waals surface area contributed by atoms with E-state index in [1.807, 2.05) is 36.4 Å². The number of thiophene rings is 1. The van der Waals surface area contributed by atoms with Gasteiger partial charge in [0.2, 0.25) is 0 Å². The average molecular weight is 911 g/mol. The van der Waals surface area contributed by atoms with E-state index in [1.165, 1.54) is 53.4 Å². The lowest BCUT2D eigenvalue weighted by Crippen LogP contribution is -2.03. The molecule has 10 aromatic carbocycles. The van der Waals surface area contributed by atoms with Gasteiger partial charge in [-0.25, -0.2) is 15.0 Å². The summed E-state index contributed by atoms with van der Waals surface area (Å²) in [6, 6.07) is 82.7. The standard InChI is InChI=1S/C63H38N6S/c1-4-20-39(21-5-1)61-64-62(40-22-6-2-7-23-40)66-63(65-61)47-36-37-53(56-46-30-14-19-35-55(46)70-60(47)56)69-52-34-18-13-29-45(52)57-58-48(44-28-12-15-31-49(44)67(58)41-24-8-3-9-25-41)38-54(59(57)69)68-50-32-16-10-26-42(50)43-27-11-17-33-51(43)68/h1-38H. The summed E-state index contributed by atoms with van der Waals surface area (Å²) in [6.07, 6.45) is 0. The molecule has 7 heteroatoms. The van der Waals surface area contributed by atoms with Gasteiger partial charge >= 0.3 is 0 Å². The van der Waals surface area contributed by atoms with Crippen molar-refractivity contribution in [2.24, 2.45) is 0 Å². The van der Waals surface area contributed by atoms with Crippen LogP contribution >= 0.6 is 11.3 Å². The van der Waals surface area contributed by atoms with Crippen LogP contribution in [0.25, 0.3) is 137 Å². The second kappa shape index (κ2) is 15.2. The predicted molar refractivity (Wildman–Crippen MR) is 292 cm³/mol. The summed E-state index contributed by atoms with van der Waals surface area (Å²) in [6.45, 7) is 0. The zero-order valence-electron chi connectivity index (χ0n) is 37.5. The van der Waals surface area contributed by atoms with Crippen LogP contribution in [0.4, 0.5) is 0 Å². The van der Waals surface area contributed by atoms with Crippen LogP contribution in [0.3, 0.4) is 0 Å². The Hall–Kier alpha value is -9.17. The molecule has 0 spiro atoms. The highest BCUT2D eigenvalue weighted by atomic mass is 32.1. The van der Waals surface area contributed by atoms with Crippen molar-refractivity contribution in [2.75, 3.05) is 0 Å². The monoisotopic (exact) mass is 910 g/mol. The Kier molecular flexibility index (Phi) is 8.43. The molecular weight excluding hydrogens is 873 g/mol. The van der Waals surface area contributed by atoms with Crippen LogP contribution in [-0.2, 0) is 0 Å². The molecule has 15 rings (SSSR count). The Balaban J connectivity index is 1.13. The Morgan fingerprint density at radius 3 is 1.40 bits per heavy atom. The van der Waals surface area contributed by atoms with Crippen molar-refractivity contribution in [1.29, 1.82) is 0 Å². The van der Waals surface area contributed by atoms with Crippen molar-refractivity contribution in [3.05, 3.63) is 231 Å². The number of fused-ring (bicyclic) bond motifs is 13. The maximum absolute atomic E-state index is 5.28. The van der Waals surface area contributed by atoms with E-state index in [9.17, 15) is 0 Å². The highest BCUT2D eigenvalue weighted by Crippen LogP contribution is 2.49. The first-order valence-corrected chi connectivity index (χ1v) is 24.4. The van der Waals surface area contributed by atoms with Crippen LogP contribution < -0.4 is 0 Å². The molecule has 0 radical (unpaired) electrons. The Morgan fingerprint density at radius 2 is 0.786 bits per heavy atom. The van der Waals surface area contributed by atoms with Crippen molar-refractivity contribution in [1.82, 2.24) is 28.7 Å². The second-order valence-electron chi connectivity index (χ2n) is 17.9. The predicted octanol–water partition coefficient (Wildman–Crippen LogP) is 16.5. The van der Waals surface area contributed by atoms with Crippen LogP contribution in [0.5, 0.6) is 0 Å². The van der Waals surface area contributed by atoms with Crippen LogP contribution in [-0.4, -0.2) is 28.7 Å². The van der Waals surface area contributed by atoms with Gasteiger partial charge < -0.3 is 13.7 Å². The van der Waals surface area contributed by atoms with Crippen LogP contribution in [0, 0.1) is 0 Å². The summed E-state index contributed by atoms with van der Waals surface area (Å²) < 4.78 is 9.86. The summed E-state index contributed by atoms with van der Waals surface area (Å²) in [5.41, 5.74) is 13.1. The smallest absolute Gasteiger partial charge is 0.165 e. The fourth-order valence-electron chi connectivity index (χ4n) is 11.1.